The fourth-order valence-electron chi connectivity index (χ4n) is 4.21. The summed E-state index contributed by atoms with van der Waals surface area (Å²) in [4.78, 5) is 24.6. The minimum atomic E-state index is -1.47. The van der Waals surface area contributed by atoms with Gasteiger partial charge in [0.2, 0.25) is 0 Å². The van der Waals surface area contributed by atoms with Crippen LogP contribution in [0.2, 0.25) is 5.02 Å². The van der Waals surface area contributed by atoms with Crippen molar-refractivity contribution in [1.29, 1.82) is 0 Å². The third kappa shape index (κ3) is 4.33. The predicted octanol–water partition coefficient (Wildman–Crippen LogP) is 4.27. The first kappa shape index (κ1) is 21.1. The summed E-state index contributed by atoms with van der Waals surface area (Å²) < 4.78 is 5.52. The second-order valence-electron chi connectivity index (χ2n) is 7.67. The van der Waals surface area contributed by atoms with Crippen LogP contribution in [0, 0.1) is 5.92 Å². The van der Waals surface area contributed by atoms with Gasteiger partial charge in [0, 0.05) is 17.0 Å². The zero-order valence-electron chi connectivity index (χ0n) is 16.7. The molecule has 158 valence electrons. The highest BCUT2D eigenvalue weighted by atomic mass is 35.5. The Bertz CT molecular complexity index is 1080. The van der Waals surface area contributed by atoms with Crippen molar-refractivity contribution in [1.82, 2.24) is 0 Å². The molecule has 2 atom stereocenters. The smallest absolute Gasteiger partial charge is 0.321 e. The van der Waals surface area contributed by atoms with Crippen LogP contribution in [0.5, 0.6) is 0 Å². The minimum absolute atomic E-state index is 0.0561. The predicted molar refractivity (Wildman–Crippen MR) is 119 cm³/mol. The van der Waals surface area contributed by atoms with Crippen molar-refractivity contribution in [2.75, 3.05) is 6.61 Å². The summed E-state index contributed by atoms with van der Waals surface area (Å²) in [6, 6.07) is 22.0. The zero-order chi connectivity index (χ0) is 22.0. The zero-order valence-corrected chi connectivity index (χ0v) is 17.5. The van der Waals surface area contributed by atoms with Gasteiger partial charge in [-0.05, 0) is 46.4 Å². The topological polar surface area (TPSA) is 89.6 Å². The van der Waals surface area contributed by atoms with Crippen LogP contribution in [0.1, 0.15) is 22.6 Å². The molecule has 6 heteroatoms. The average molecular weight is 436 g/mol. The fourth-order valence-corrected chi connectivity index (χ4v) is 4.42. The number of carboxylic acid groups (broad SMARTS) is 1. The summed E-state index contributed by atoms with van der Waals surface area (Å²) in [6.07, 6.45) is 0.196. The van der Waals surface area contributed by atoms with Crippen molar-refractivity contribution >= 4 is 23.5 Å². The number of hydrogen-bond donors (Lipinski definition) is 2. The number of fused-ring (bicyclic) bond motifs is 3. The van der Waals surface area contributed by atoms with E-state index in [-0.39, 0.29) is 18.9 Å². The first-order valence-electron chi connectivity index (χ1n) is 10.0. The maximum absolute atomic E-state index is 12.8. The molecule has 0 saturated carbocycles. The number of carboxylic acids is 1. The maximum Gasteiger partial charge on any atom is 0.321 e. The molecule has 0 radical (unpaired) electrons. The van der Waals surface area contributed by atoms with Gasteiger partial charge in [0.25, 0.3) is 0 Å². The van der Waals surface area contributed by atoms with E-state index in [2.05, 4.69) is 0 Å². The van der Waals surface area contributed by atoms with Crippen molar-refractivity contribution < 1.29 is 19.4 Å². The van der Waals surface area contributed by atoms with Crippen LogP contribution < -0.4 is 5.73 Å². The van der Waals surface area contributed by atoms with Crippen LogP contribution in [0.15, 0.2) is 72.8 Å². The molecular formula is C25H22ClNO4. The number of ether oxygens (including phenoxy) is 1. The largest absolute Gasteiger partial charge is 0.481 e. The van der Waals surface area contributed by atoms with E-state index in [1.54, 1.807) is 24.3 Å². The molecule has 3 aromatic carbocycles. The lowest BCUT2D eigenvalue weighted by atomic mass is 9.94. The Labute approximate surface area is 185 Å². The van der Waals surface area contributed by atoms with E-state index >= 15 is 0 Å². The van der Waals surface area contributed by atoms with Crippen LogP contribution >= 0.6 is 11.6 Å². The molecule has 0 fully saturated rings. The Morgan fingerprint density at radius 1 is 0.968 bits per heavy atom. The number of esters is 1. The SMILES string of the molecule is N[C@@H](Cc1cccc(Cl)c1)[C@@H](C(=O)O)C(=O)OCC1c2ccccc2-c2ccccc21. The van der Waals surface area contributed by atoms with Gasteiger partial charge in [0.15, 0.2) is 5.92 Å². The Hall–Kier alpha value is -3.15. The highest BCUT2D eigenvalue weighted by molar-refractivity contribution is 6.30. The highest BCUT2D eigenvalue weighted by Gasteiger charge is 2.36. The van der Waals surface area contributed by atoms with Gasteiger partial charge in [-0.15, -0.1) is 0 Å². The molecule has 1 aliphatic rings. The van der Waals surface area contributed by atoms with Gasteiger partial charge in [0.05, 0.1) is 0 Å². The monoisotopic (exact) mass is 435 g/mol. The molecule has 0 heterocycles. The van der Waals surface area contributed by atoms with Gasteiger partial charge >= 0.3 is 11.9 Å². The van der Waals surface area contributed by atoms with Crippen LogP contribution in [0.4, 0.5) is 0 Å². The molecule has 3 N–H and O–H groups in total. The van der Waals surface area contributed by atoms with Gasteiger partial charge in [-0.1, -0.05) is 72.3 Å². The van der Waals surface area contributed by atoms with Gasteiger partial charge in [-0.2, -0.15) is 0 Å². The van der Waals surface area contributed by atoms with E-state index in [0.717, 1.165) is 27.8 Å². The molecule has 0 unspecified atom stereocenters. The van der Waals surface area contributed by atoms with Crippen LogP contribution in [-0.4, -0.2) is 29.7 Å². The molecule has 0 aromatic heterocycles. The third-order valence-electron chi connectivity index (χ3n) is 5.66. The standard InChI is InChI=1S/C25H22ClNO4/c26-16-7-5-6-15(12-16)13-22(27)23(24(28)29)25(30)31-14-21-19-10-3-1-8-17(19)18-9-2-4-11-20(18)21/h1-12,21-23H,13-14,27H2,(H,28,29)/t22-,23-/m0/s1. The van der Waals surface area contributed by atoms with Crippen molar-refractivity contribution in [3.05, 3.63) is 94.5 Å². The van der Waals surface area contributed by atoms with Crippen molar-refractivity contribution in [2.24, 2.45) is 11.7 Å². The third-order valence-corrected chi connectivity index (χ3v) is 5.90. The number of aliphatic carboxylic acids is 1. The van der Waals surface area contributed by atoms with E-state index in [1.165, 1.54) is 0 Å². The van der Waals surface area contributed by atoms with Crippen LogP contribution in [-0.2, 0) is 20.7 Å². The van der Waals surface area contributed by atoms with Crippen LogP contribution in [0.3, 0.4) is 0 Å². The molecule has 0 bridgehead atoms. The molecule has 31 heavy (non-hydrogen) atoms. The molecule has 0 amide bonds. The molecule has 5 nitrogen and oxygen atoms in total. The summed E-state index contributed by atoms with van der Waals surface area (Å²) >= 11 is 5.99. The van der Waals surface area contributed by atoms with Crippen molar-refractivity contribution in [3.8, 4) is 11.1 Å². The summed E-state index contributed by atoms with van der Waals surface area (Å²) in [7, 11) is 0. The number of hydrogen-bond acceptors (Lipinski definition) is 4. The van der Waals surface area contributed by atoms with Gasteiger partial charge < -0.3 is 15.6 Å². The Kier molecular flexibility index (Phi) is 6.07. The van der Waals surface area contributed by atoms with E-state index in [4.69, 9.17) is 22.1 Å². The lowest BCUT2D eigenvalue weighted by Gasteiger charge is -2.21. The Balaban J connectivity index is 1.49. The summed E-state index contributed by atoms with van der Waals surface area (Å²) in [5.41, 5.74) is 11.2. The number of carbonyl (C=O) groups is 2. The van der Waals surface area contributed by atoms with Crippen LogP contribution in [0.25, 0.3) is 11.1 Å². The Morgan fingerprint density at radius 3 is 2.16 bits per heavy atom. The van der Waals surface area contributed by atoms with E-state index in [1.807, 2.05) is 48.5 Å². The second kappa shape index (κ2) is 8.92. The average Bonchev–Trinajstić information content (AvgIpc) is 3.06. The number of carbonyl (C=O) groups excluding carboxylic acids is 1. The summed E-state index contributed by atoms with van der Waals surface area (Å²) in [5.74, 6) is -3.74. The normalized spacial score (nSPS) is 14.4. The highest BCUT2D eigenvalue weighted by Crippen LogP contribution is 2.44. The molecule has 1 aliphatic carbocycles. The number of nitrogens with two attached hydrogens (primary N) is 1. The lowest BCUT2D eigenvalue weighted by Crippen LogP contribution is -2.43. The summed E-state index contributed by atoms with van der Waals surface area (Å²) in [6.45, 7) is 0.0561. The van der Waals surface area contributed by atoms with E-state index < -0.39 is 23.9 Å². The fraction of sp³-hybridized carbons (Fsp3) is 0.200. The first-order valence-corrected chi connectivity index (χ1v) is 10.4. The van der Waals surface area contributed by atoms with Gasteiger partial charge in [-0.25, -0.2) is 0 Å². The molecule has 0 spiro atoms. The quantitative estimate of drug-likeness (QED) is 0.427. The minimum Gasteiger partial charge on any atom is -0.481 e. The Morgan fingerprint density at radius 2 is 1.58 bits per heavy atom. The number of rotatable bonds is 7. The van der Waals surface area contributed by atoms with Gasteiger partial charge in [-0.3, -0.25) is 9.59 Å². The van der Waals surface area contributed by atoms with E-state index in [9.17, 15) is 14.7 Å². The lowest BCUT2D eigenvalue weighted by molar-refractivity contribution is -0.159. The van der Waals surface area contributed by atoms with Crippen molar-refractivity contribution in [2.45, 2.75) is 18.4 Å². The van der Waals surface area contributed by atoms with E-state index in [0.29, 0.717) is 5.02 Å². The molecule has 4 rings (SSSR count). The summed E-state index contributed by atoms with van der Waals surface area (Å²) in [5, 5.41) is 10.2. The van der Waals surface area contributed by atoms with Gasteiger partial charge in [0.1, 0.15) is 6.61 Å². The molecule has 3 aromatic rings. The number of benzene rings is 3. The van der Waals surface area contributed by atoms with Crippen molar-refractivity contribution in [3.63, 3.8) is 0 Å². The molecule has 0 saturated heterocycles. The molecule has 0 aliphatic heterocycles. The second-order valence-corrected chi connectivity index (χ2v) is 8.11. The molecular weight excluding hydrogens is 414 g/mol. The number of halogens is 1. The first-order chi connectivity index (χ1) is 15.0. The maximum atomic E-state index is 12.8.